The fourth-order valence-electron chi connectivity index (χ4n) is 7.35. The molecule has 0 fully saturated rings. The summed E-state index contributed by atoms with van der Waals surface area (Å²) in [7, 11) is 0. The van der Waals surface area contributed by atoms with E-state index in [1.165, 1.54) is 44.5 Å². The zero-order valence-electron chi connectivity index (χ0n) is 29.7. The highest BCUT2D eigenvalue weighted by atomic mass is 14.9. The Kier molecular flexibility index (Phi) is 8.99. The number of hydrogen-bond acceptors (Lipinski definition) is 2. The van der Waals surface area contributed by atoms with Crippen molar-refractivity contribution >= 4 is 0 Å². The van der Waals surface area contributed by atoms with Crippen LogP contribution in [0.2, 0.25) is 0 Å². The largest absolute Gasteiger partial charge is 0.228 e. The van der Waals surface area contributed by atoms with E-state index in [-0.39, 0.29) is 0 Å². The van der Waals surface area contributed by atoms with Gasteiger partial charge in [0.1, 0.15) is 0 Å². The summed E-state index contributed by atoms with van der Waals surface area (Å²) in [5.74, 6) is 0.694. The van der Waals surface area contributed by atoms with E-state index in [1.807, 2.05) is 12.1 Å². The molecule has 54 heavy (non-hydrogen) atoms. The number of nitrogens with zero attached hydrogens (tertiary/aromatic N) is 2. The monoisotopic (exact) mass is 688 g/mol. The van der Waals surface area contributed by atoms with Crippen LogP contribution >= 0.6 is 0 Å². The molecule has 0 saturated heterocycles. The first kappa shape index (κ1) is 32.7. The molecule has 0 unspecified atom stereocenters. The summed E-state index contributed by atoms with van der Waals surface area (Å²) >= 11 is 0. The molecular formula is C52H36N2. The second-order valence-electron chi connectivity index (χ2n) is 13.3. The van der Waals surface area contributed by atoms with E-state index in [2.05, 4.69) is 206 Å². The van der Waals surface area contributed by atoms with E-state index in [0.29, 0.717) is 5.82 Å². The highest BCUT2D eigenvalue weighted by molar-refractivity contribution is 6.07. The number of rotatable bonds is 8. The topological polar surface area (TPSA) is 25.8 Å². The van der Waals surface area contributed by atoms with E-state index in [9.17, 15) is 0 Å². The van der Waals surface area contributed by atoms with Crippen LogP contribution in [0.1, 0.15) is 0 Å². The molecule has 1 heterocycles. The van der Waals surface area contributed by atoms with Crippen molar-refractivity contribution in [2.45, 2.75) is 0 Å². The average molecular weight is 689 g/mol. The van der Waals surface area contributed by atoms with Crippen molar-refractivity contribution in [3.8, 4) is 89.5 Å². The van der Waals surface area contributed by atoms with Gasteiger partial charge < -0.3 is 0 Å². The van der Waals surface area contributed by atoms with Crippen LogP contribution in [0.5, 0.6) is 0 Å². The van der Waals surface area contributed by atoms with Crippen molar-refractivity contribution in [1.82, 2.24) is 9.97 Å². The average Bonchev–Trinajstić information content (AvgIpc) is 3.27. The molecule has 0 saturated carbocycles. The molecule has 2 heteroatoms. The third kappa shape index (κ3) is 6.53. The predicted octanol–water partition coefficient (Wildman–Crippen LogP) is 13.8. The van der Waals surface area contributed by atoms with Crippen molar-refractivity contribution in [1.29, 1.82) is 0 Å². The van der Waals surface area contributed by atoms with Gasteiger partial charge in [-0.05, 0) is 67.8 Å². The van der Waals surface area contributed by atoms with Crippen LogP contribution in [-0.4, -0.2) is 9.97 Å². The Morgan fingerprint density at radius 2 is 0.519 bits per heavy atom. The standard InChI is InChI=1S/C52H36N2/c1-7-19-37(20-8-1)45-35-46(50(42-27-15-5-16-28-42)51(43-29-17-6-18-30-43)49(45)41-25-13-4-14-26-41)38-31-33-44(34-32-38)52-53-47(39-21-9-2-10-22-39)36-48(54-52)40-23-11-3-12-24-40/h1-36H. The number of aromatic nitrogens is 2. The number of benzene rings is 8. The molecule has 0 radical (unpaired) electrons. The zero-order chi connectivity index (χ0) is 36.1. The first-order chi connectivity index (χ1) is 26.8. The molecule has 9 rings (SSSR count). The van der Waals surface area contributed by atoms with Gasteiger partial charge in [-0.1, -0.05) is 206 Å². The fraction of sp³-hybridized carbons (Fsp3) is 0. The van der Waals surface area contributed by atoms with Gasteiger partial charge in [-0.25, -0.2) is 9.97 Å². The van der Waals surface area contributed by atoms with E-state index in [0.717, 1.165) is 39.2 Å². The zero-order valence-corrected chi connectivity index (χ0v) is 29.7. The molecular weight excluding hydrogens is 653 g/mol. The Morgan fingerprint density at radius 1 is 0.222 bits per heavy atom. The lowest BCUT2D eigenvalue weighted by molar-refractivity contribution is 1.18. The predicted molar refractivity (Wildman–Crippen MR) is 226 cm³/mol. The Hall–Kier alpha value is -7.16. The molecule has 0 aliphatic rings. The minimum absolute atomic E-state index is 0.694. The first-order valence-corrected chi connectivity index (χ1v) is 18.3. The van der Waals surface area contributed by atoms with Gasteiger partial charge in [0.05, 0.1) is 11.4 Å². The van der Waals surface area contributed by atoms with Gasteiger partial charge in [0.2, 0.25) is 0 Å². The van der Waals surface area contributed by atoms with E-state index in [4.69, 9.17) is 9.97 Å². The number of hydrogen-bond donors (Lipinski definition) is 0. The second-order valence-corrected chi connectivity index (χ2v) is 13.3. The molecule has 0 aliphatic carbocycles. The van der Waals surface area contributed by atoms with Crippen LogP contribution in [0.4, 0.5) is 0 Å². The Labute approximate surface area is 316 Å². The van der Waals surface area contributed by atoms with Gasteiger partial charge in [-0.3, -0.25) is 0 Å². The van der Waals surface area contributed by atoms with Crippen molar-refractivity contribution in [3.63, 3.8) is 0 Å². The van der Waals surface area contributed by atoms with Gasteiger partial charge in [-0.15, -0.1) is 0 Å². The molecule has 1 aromatic heterocycles. The van der Waals surface area contributed by atoms with Gasteiger partial charge in [0.15, 0.2) is 5.82 Å². The molecule has 8 aromatic carbocycles. The summed E-state index contributed by atoms with van der Waals surface area (Å²) in [6.07, 6.45) is 0. The Balaban J connectivity index is 1.28. The van der Waals surface area contributed by atoms with E-state index >= 15 is 0 Å². The second kappa shape index (κ2) is 14.8. The minimum Gasteiger partial charge on any atom is -0.228 e. The fourth-order valence-corrected chi connectivity index (χ4v) is 7.35. The lowest BCUT2D eigenvalue weighted by atomic mass is 9.79. The maximum atomic E-state index is 5.11. The van der Waals surface area contributed by atoms with Gasteiger partial charge in [0.25, 0.3) is 0 Å². The molecule has 0 bridgehead atoms. The molecule has 0 aliphatic heterocycles. The van der Waals surface area contributed by atoms with E-state index in [1.54, 1.807) is 0 Å². The summed E-state index contributed by atoms with van der Waals surface area (Å²) in [6.45, 7) is 0. The summed E-state index contributed by atoms with van der Waals surface area (Å²) in [4.78, 5) is 10.2. The van der Waals surface area contributed by atoms with Crippen LogP contribution in [0.3, 0.4) is 0 Å². The van der Waals surface area contributed by atoms with Crippen LogP contribution in [0.15, 0.2) is 218 Å². The molecule has 0 spiro atoms. The third-order valence-electron chi connectivity index (χ3n) is 9.92. The highest BCUT2D eigenvalue weighted by Crippen LogP contribution is 2.50. The summed E-state index contributed by atoms with van der Waals surface area (Å²) in [5.41, 5.74) is 16.6. The molecule has 9 aromatic rings. The first-order valence-electron chi connectivity index (χ1n) is 18.3. The Morgan fingerprint density at radius 3 is 0.907 bits per heavy atom. The molecule has 0 N–H and O–H groups in total. The van der Waals surface area contributed by atoms with Gasteiger partial charge in [0, 0.05) is 16.7 Å². The van der Waals surface area contributed by atoms with Crippen molar-refractivity contribution in [3.05, 3.63) is 218 Å². The van der Waals surface area contributed by atoms with Crippen molar-refractivity contribution < 1.29 is 0 Å². The van der Waals surface area contributed by atoms with Gasteiger partial charge >= 0.3 is 0 Å². The molecule has 254 valence electrons. The van der Waals surface area contributed by atoms with Crippen LogP contribution in [-0.2, 0) is 0 Å². The van der Waals surface area contributed by atoms with E-state index < -0.39 is 0 Å². The van der Waals surface area contributed by atoms with Crippen molar-refractivity contribution in [2.75, 3.05) is 0 Å². The SMILES string of the molecule is c1ccc(-c2cc(-c3ccccc3)nc(-c3ccc(-c4cc(-c5ccccc5)c(-c5ccccc5)c(-c5ccccc5)c4-c4ccccc4)cc3)n2)cc1. The lowest BCUT2D eigenvalue weighted by Crippen LogP contribution is -1.98. The minimum atomic E-state index is 0.694. The van der Waals surface area contributed by atoms with Crippen LogP contribution < -0.4 is 0 Å². The highest BCUT2D eigenvalue weighted by Gasteiger charge is 2.23. The third-order valence-corrected chi connectivity index (χ3v) is 9.92. The maximum absolute atomic E-state index is 5.11. The van der Waals surface area contributed by atoms with Gasteiger partial charge in [-0.2, -0.15) is 0 Å². The quantitative estimate of drug-likeness (QED) is 0.159. The van der Waals surface area contributed by atoms with Crippen LogP contribution in [0, 0.1) is 0 Å². The van der Waals surface area contributed by atoms with Crippen molar-refractivity contribution in [2.24, 2.45) is 0 Å². The Bertz CT molecular complexity index is 2580. The smallest absolute Gasteiger partial charge is 0.160 e. The summed E-state index contributed by atoms with van der Waals surface area (Å²) in [6, 6.07) is 77.1. The summed E-state index contributed by atoms with van der Waals surface area (Å²) in [5, 5.41) is 0. The van der Waals surface area contributed by atoms with Crippen LogP contribution in [0.25, 0.3) is 89.5 Å². The lowest BCUT2D eigenvalue weighted by Gasteiger charge is -2.24. The maximum Gasteiger partial charge on any atom is 0.160 e. The molecule has 0 atom stereocenters. The molecule has 0 amide bonds. The molecule has 2 nitrogen and oxygen atoms in total. The summed E-state index contributed by atoms with van der Waals surface area (Å²) < 4.78 is 0. The normalized spacial score (nSPS) is 11.0.